The van der Waals surface area contributed by atoms with E-state index in [1.165, 1.54) is 13.4 Å². The zero-order valence-corrected chi connectivity index (χ0v) is 13.4. The Labute approximate surface area is 134 Å². The first-order valence-corrected chi connectivity index (χ1v) is 7.32. The Morgan fingerprint density at radius 2 is 2.00 bits per heavy atom. The molecule has 0 unspecified atom stereocenters. The molecule has 0 fully saturated rings. The molecule has 0 aliphatic heterocycles. The van der Waals surface area contributed by atoms with Crippen LogP contribution in [-0.2, 0) is 4.79 Å². The Hall–Kier alpha value is -2.76. The fourth-order valence-electron chi connectivity index (χ4n) is 2.06. The van der Waals surface area contributed by atoms with Crippen molar-refractivity contribution in [2.45, 2.75) is 20.3 Å². The summed E-state index contributed by atoms with van der Waals surface area (Å²) >= 11 is 0. The number of rotatable bonds is 6. The van der Waals surface area contributed by atoms with Gasteiger partial charge in [0.2, 0.25) is 5.91 Å². The van der Waals surface area contributed by atoms with Gasteiger partial charge in [0.1, 0.15) is 5.75 Å². The third-order valence-corrected chi connectivity index (χ3v) is 3.07. The van der Waals surface area contributed by atoms with E-state index in [-0.39, 0.29) is 23.5 Å². The van der Waals surface area contributed by atoms with Crippen molar-refractivity contribution in [2.75, 3.05) is 17.7 Å². The number of hydrogen-bond donors (Lipinski definition) is 2. The summed E-state index contributed by atoms with van der Waals surface area (Å²) in [5.74, 6) is 0.492. The normalized spacial score (nSPS) is 10.4. The first-order valence-electron chi connectivity index (χ1n) is 7.32. The van der Waals surface area contributed by atoms with Crippen LogP contribution >= 0.6 is 0 Å². The van der Waals surface area contributed by atoms with E-state index in [9.17, 15) is 9.59 Å². The van der Waals surface area contributed by atoms with E-state index >= 15 is 0 Å². The summed E-state index contributed by atoms with van der Waals surface area (Å²) in [6, 6.07) is 8.25. The highest BCUT2D eigenvalue weighted by atomic mass is 16.5. The van der Waals surface area contributed by atoms with Crippen LogP contribution in [0.2, 0.25) is 0 Å². The third-order valence-electron chi connectivity index (χ3n) is 3.07. The van der Waals surface area contributed by atoms with Gasteiger partial charge in [-0.1, -0.05) is 13.8 Å². The van der Waals surface area contributed by atoms with Crippen LogP contribution in [0.1, 0.15) is 30.8 Å². The highest BCUT2D eigenvalue weighted by Crippen LogP contribution is 2.28. The van der Waals surface area contributed by atoms with Gasteiger partial charge < -0.3 is 19.8 Å². The number of carbonyl (C=O) groups is 2. The lowest BCUT2D eigenvalue weighted by Crippen LogP contribution is -2.15. The number of amides is 2. The van der Waals surface area contributed by atoms with Gasteiger partial charge in [-0.05, 0) is 36.2 Å². The molecule has 0 atom stereocenters. The minimum Gasteiger partial charge on any atom is -0.495 e. The van der Waals surface area contributed by atoms with Gasteiger partial charge in [0, 0.05) is 12.1 Å². The van der Waals surface area contributed by atoms with Crippen molar-refractivity contribution in [1.29, 1.82) is 0 Å². The monoisotopic (exact) mass is 316 g/mol. The molecule has 1 aromatic carbocycles. The molecule has 0 spiro atoms. The number of benzene rings is 1. The summed E-state index contributed by atoms with van der Waals surface area (Å²) in [6.45, 7) is 3.95. The van der Waals surface area contributed by atoms with Crippen molar-refractivity contribution in [1.82, 2.24) is 0 Å². The zero-order chi connectivity index (χ0) is 16.8. The molecule has 0 bridgehead atoms. The van der Waals surface area contributed by atoms with Crippen molar-refractivity contribution in [3.63, 3.8) is 0 Å². The predicted molar refractivity (Wildman–Crippen MR) is 87.7 cm³/mol. The first kappa shape index (κ1) is 16.6. The van der Waals surface area contributed by atoms with E-state index in [2.05, 4.69) is 10.6 Å². The van der Waals surface area contributed by atoms with Gasteiger partial charge in [-0.3, -0.25) is 9.59 Å². The van der Waals surface area contributed by atoms with Crippen LogP contribution in [0.4, 0.5) is 11.4 Å². The van der Waals surface area contributed by atoms with Crippen molar-refractivity contribution in [3.8, 4) is 5.75 Å². The van der Waals surface area contributed by atoms with Gasteiger partial charge >= 0.3 is 0 Å². The summed E-state index contributed by atoms with van der Waals surface area (Å²) in [4.78, 5) is 23.9. The summed E-state index contributed by atoms with van der Waals surface area (Å²) in [7, 11) is 1.51. The summed E-state index contributed by atoms with van der Waals surface area (Å²) < 4.78 is 10.3. The van der Waals surface area contributed by atoms with Crippen LogP contribution in [0, 0.1) is 5.92 Å². The fraction of sp³-hybridized carbons (Fsp3) is 0.294. The van der Waals surface area contributed by atoms with Crippen LogP contribution in [0.15, 0.2) is 41.0 Å². The lowest BCUT2D eigenvalue weighted by molar-refractivity contribution is -0.116. The molecule has 0 radical (unpaired) electrons. The highest BCUT2D eigenvalue weighted by molar-refractivity contribution is 6.03. The molecule has 2 N–H and O–H groups in total. The molecule has 6 nitrogen and oxygen atoms in total. The molecule has 6 heteroatoms. The topological polar surface area (TPSA) is 80.6 Å². The van der Waals surface area contributed by atoms with E-state index in [1.54, 1.807) is 30.3 Å². The maximum Gasteiger partial charge on any atom is 0.291 e. The average molecular weight is 316 g/mol. The minimum atomic E-state index is -0.390. The van der Waals surface area contributed by atoms with Gasteiger partial charge in [0.25, 0.3) is 5.91 Å². The van der Waals surface area contributed by atoms with Crippen molar-refractivity contribution < 1.29 is 18.7 Å². The molecule has 1 heterocycles. The smallest absolute Gasteiger partial charge is 0.291 e. The predicted octanol–water partition coefficient (Wildman–Crippen LogP) is 3.53. The van der Waals surface area contributed by atoms with Crippen LogP contribution < -0.4 is 15.4 Å². The fourth-order valence-corrected chi connectivity index (χ4v) is 2.06. The number of anilines is 2. The second kappa shape index (κ2) is 7.49. The first-order chi connectivity index (χ1) is 11.0. The third kappa shape index (κ3) is 4.60. The summed E-state index contributed by atoms with van der Waals surface area (Å²) in [5, 5.41) is 5.51. The van der Waals surface area contributed by atoms with Crippen LogP contribution in [-0.4, -0.2) is 18.9 Å². The molecular formula is C17H20N2O4. The number of hydrogen-bond acceptors (Lipinski definition) is 4. The van der Waals surface area contributed by atoms with Crippen molar-refractivity contribution >= 4 is 23.2 Å². The Kier molecular flexibility index (Phi) is 5.41. The lowest BCUT2D eigenvalue weighted by Gasteiger charge is -2.13. The molecule has 2 amide bonds. The maximum absolute atomic E-state index is 12.1. The Morgan fingerprint density at radius 3 is 2.61 bits per heavy atom. The largest absolute Gasteiger partial charge is 0.495 e. The number of furan rings is 1. The Balaban J connectivity index is 2.15. The molecular weight excluding hydrogens is 296 g/mol. The summed E-state index contributed by atoms with van der Waals surface area (Å²) in [6.07, 6.45) is 1.86. The maximum atomic E-state index is 12.1. The molecule has 122 valence electrons. The summed E-state index contributed by atoms with van der Waals surface area (Å²) in [5.41, 5.74) is 1.04. The highest BCUT2D eigenvalue weighted by Gasteiger charge is 2.13. The van der Waals surface area contributed by atoms with E-state index in [1.807, 2.05) is 13.8 Å². The lowest BCUT2D eigenvalue weighted by atomic mass is 10.1. The average Bonchev–Trinajstić information content (AvgIpc) is 3.01. The van der Waals surface area contributed by atoms with Crippen LogP contribution in [0.25, 0.3) is 0 Å². The van der Waals surface area contributed by atoms with E-state index < -0.39 is 0 Å². The minimum absolute atomic E-state index is 0.0755. The Morgan fingerprint density at radius 1 is 1.22 bits per heavy atom. The quantitative estimate of drug-likeness (QED) is 0.854. The van der Waals surface area contributed by atoms with Crippen LogP contribution in [0.3, 0.4) is 0 Å². The molecule has 1 aromatic heterocycles. The SMILES string of the molecule is COc1ccc(NC(=O)CC(C)C)cc1NC(=O)c1ccco1. The molecule has 0 aliphatic rings. The molecule has 2 rings (SSSR count). The van der Waals surface area contributed by atoms with Gasteiger partial charge in [-0.25, -0.2) is 0 Å². The van der Waals surface area contributed by atoms with E-state index in [0.29, 0.717) is 23.5 Å². The van der Waals surface area contributed by atoms with Gasteiger partial charge in [0.15, 0.2) is 5.76 Å². The Bertz CT molecular complexity index is 678. The molecule has 0 aliphatic carbocycles. The number of carbonyl (C=O) groups excluding carboxylic acids is 2. The number of nitrogens with one attached hydrogen (secondary N) is 2. The second-order valence-corrected chi connectivity index (χ2v) is 5.49. The van der Waals surface area contributed by atoms with Crippen molar-refractivity contribution in [3.05, 3.63) is 42.4 Å². The van der Waals surface area contributed by atoms with E-state index in [0.717, 1.165) is 0 Å². The molecule has 23 heavy (non-hydrogen) atoms. The van der Waals surface area contributed by atoms with Crippen molar-refractivity contribution in [2.24, 2.45) is 5.92 Å². The molecule has 0 saturated carbocycles. The molecule has 2 aromatic rings. The van der Waals surface area contributed by atoms with Gasteiger partial charge in [-0.15, -0.1) is 0 Å². The molecule has 0 saturated heterocycles. The zero-order valence-electron chi connectivity index (χ0n) is 13.4. The van der Waals surface area contributed by atoms with Crippen LogP contribution in [0.5, 0.6) is 5.75 Å². The number of methoxy groups -OCH3 is 1. The standard InChI is InChI=1S/C17H20N2O4/c1-11(2)9-16(20)18-12-6-7-14(22-3)13(10-12)19-17(21)15-5-4-8-23-15/h4-8,10-11H,9H2,1-3H3,(H,18,20)(H,19,21). The second-order valence-electron chi connectivity index (χ2n) is 5.49. The number of ether oxygens (including phenoxy) is 1. The van der Waals surface area contributed by atoms with Gasteiger partial charge in [0.05, 0.1) is 19.1 Å². The van der Waals surface area contributed by atoms with Gasteiger partial charge in [-0.2, -0.15) is 0 Å². The van der Waals surface area contributed by atoms with E-state index in [4.69, 9.17) is 9.15 Å².